The van der Waals surface area contributed by atoms with Crippen LogP contribution in [0.3, 0.4) is 0 Å². The summed E-state index contributed by atoms with van der Waals surface area (Å²) in [5.74, 6) is -0.880. The lowest BCUT2D eigenvalue weighted by Crippen LogP contribution is -2.30. The van der Waals surface area contributed by atoms with Gasteiger partial charge < -0.3 is 10.4 Å². The molecule has 2 N–H and O–H groups in total. The van der Waals surface area contributed by atoms with E-state index in [4.69, 9.17) is 5.11 Å². The fourth-order valence-corrected chi connectivity index (χ4v) is 2.65. The molecule has 2 rings (SSSR count). The number of nitrogens with one attached hydrogen (secondary N) is 1. The zero-order valence-corrected chi connectivity index (χ0v) is 9.52. The average Bonchev–Trinajstić information content (AvgIpc) is 2.15. The van der Waals surface area contributed by atoms with Crippen LogP contribution in [0, 0.1) is 0 Å². The van der Waals surface area contributed by atoms with Crippen molar-refractivity contribution < 1.29 is 9.90 Å². The summed E-state index contributed by atoms with van der Waals surface area (Å²) in [5, 5.41) is 12.1. The summed E-state index contributed by atoms with van der Waals surface area (Å²) < 4.78 is 0.164. The van der Waals surface area contributed by atoms with Gasteiger partial charge in [-0.25, -0.2) is 4.79 Å². The van der Waals surface area contributed by atoms with Crippen LogP contribution in [0.25, 0.3) is 0 Å². The van der Waals surface area contributed by atoms with Crippen molar-refractivity contribution in [2.75, 3.05) is 11.9 Å². The van der Waals surface area contributed by atoms with Gasteiger partial charge in [0.05, 0.1) is 5.56 Å². The Morgan fingerprint density at radius 1 is 1.53 bits per heavy atom. The third-order valence-electron chi connectivity index (χ3n) is 2.32. The first-order valence-corrected chi connectivity index (χ1v) is 5.60. The first kappa shape index (κ1) is 10.4. The quantitative estimate of drug-likeness (QED) is 0.768. The summed E-state index contributed by atoms with van der Waals surface area (Å²) in [6, 6.07) is 5.22. The van der Waals surface area contributed by atoms with Crippen LogP contribution in [0.15, 0.2) is 23.1 Å². The number of benzene rings is 1. The van der Waals surface area contributed by atoms with Crippen LogP contribution in [0.1, 0.15) is 24.2 Å². The minimum absolute atomic E-state index is 0.164. The molecule has 80 valence electrons. The third-order valence-corrected chi connectivity index (χ3v) is 3.59. The Balaban J connectivity index is 2.36. The van der Waals surface area contributed by atoms with Gasteiger partial charge in [0, 0.05) is 21.9 Å². The molecule has 0 unspecified atom stereocenters. The number of aromatic carboxylic acids is 1. The number of hydrogen-bond acceptors (Lipinski definition) is 3. The highest BCUT2D eigenvalue weighted by Gasteiger charge is 2.26. The predicted molar refractivity (Wildman–Crippen MR) is 61.8 cm³/mol. The number of carbonyl (C=O) groups is 1. The third kappa shape index (κ3) is 2.09. The topological polar surface area (TPSA) is 49.3 Å². The molecule has 0 saturated heterocycles. The molecule has 4 heteroatoms. The predicted octanol–water partition coefficient (Wildman–Crippen LogP) is 2.68. The average molecular weight is 223 g/mol. The number of fused-ring (bicyclic) bond motifs is 1. The van der Waals surface area contributed by atoms with Crippen LogP contribution in [0.4, 0.5) is 5.69 Å². The van der Waals surface area contributed by atoms with Gasteiger partial charge in [0.2, 0.25) is 0 Å². The van der Waals surface area contributed by atoms with Gasteiger partial charge in [0.15, 0.2) is 0 Å². The highest BCUT2D eigenvalue weighted by Crippen LogP contribution is 2.41. The van der Waals surface area contributed by atoms with Gasteiger partial charge in [-0.2, -0.15) is 0 Å². The maximum atomic E-state index is 10.8. The van der Waals surface area contributed by atoms with Crippen molar-refractivity contribution in [3.05, 3.63) is 23.8 Å². The lowest BCUT2D eigenvalue weighted by molar-refractivity contribution is 0.0697. The summed E-state index contributed by atoms with van der Waals surface area (Å²) >= 11 is 1.78. The summed E-state index contributed by atoms with van der Waals surface area (Å²) in [7, 11) is 0. The molecule has 1 aromatic carbocycles. The van der Waals surface area contributed by atoms with E-state index in [9.17, 15) is 4.79 Å². The lowest BCUT2D eigenvalue weighted by Gasteiger charge is -2.31. The number of carboxylic acids is 1. The molecule has 1 heterocycles. The minimum atomic E-state index is -0.880. The summed E-state index contributed by atoms with van der Waals surface area (Å²) in [4.78, 5) is 11.9. The molecule has 0 aromatic heterocycles. The lowest BCUT2D eigenvalue weighted by atomic mass is 10.1. The van der Waals surface area contributed by atoms with E-state index in [2.05, 4.69) is 19.2 Å². The number of rotatable bonds is 1. The van der Waals surface area contributed by atoms with E-state index >= 15 is 0 Å². The maximum Gasteiger partial charge on any atom is 0.335 e. The number of thioether (sulfide) groups is 1. The van der Waals surface area contributed by atoms with E-state index in [0.717, 1.165) is 17.1 Å². The first-order valence-electron chi connectivity index (χ1n) is 4.78. The smallest absolute Gasteiger partial charge is 0.335 e. The zero-order chi connectivity index (χ0) is 11.1. The van der Waals surface area contributed by atoms with Crippen molar-refractivity contribution in [3.63, 3.8) is 0 Å². The van der Waals surface area contributed by atoms with Gasteiger partial charge in [-0.1, -0.05) is 0 Å². The Bertz CT molecular complexity index is 415. The molecule has 1 aliphatic heterocycles. The zero-order valence-electron chi connectivity index (χ0n) is 8.70. The molecule has 0 radical (unpaired) electrons. The van der Waals surface area contributed by atoms with Crippen LogP contribution in [0.5, 0.6) is 0 Å². The Labute approximate surface area is 92.9 Å². The standard InChI is InChI=1S/C11H13NO2S/c1-11(2)6-12-8-5-7(10(13)14)3-4-9(8)15-11/h3-5,12H,6H2,1-2H3,(H,13,14). The van der Waals surface area contributed by atoms with Crippen LogP contribution in [0.2, 0.25) is 0 Å². The van der Waals surface area contributed by atoms with Gasteiger partial charge in [-0.15, -0.1) is 11.8 Å². The fourth-order valence-electron chi connectivity index (χ4n) is 1.53. The van der Waals surface area contributed by atoms with Gasteiger partial charge in [0.25, 0.3) is 0 Å². The van der Waals surface area contributed by atoms with Crippen molar-refractivity contribution in [2.24, 2.45) is 0 Å². The summed E-state index contributed by atoms with van der Waals surface area (Å²) in [6.45, 7) is 5.19. The molecular formula is C11H13NO2S. The molecule has 1 aromatic rings. The molecule has 0 atom stereocenters. The second-order valence-electron chi connectivity index (χ2n) is 4.23. The highest BCUT2D eigenvalue weighted by molar-refractivity contribution is 8.00. The fraction of sp³-hybridized carbons (Fsp3) is 0.364. The Kier molecular flexibility index (Phi) is 2.38. The van der Waals surface area contributed by atoms with E-state index < -0.39 is 5.97 Å². The Morgan fingerprint density at radius 2 is 2.27 bits per heavy atom. The molecule has 0 spiro atoms. The van der Waals surface area contributed by atoms with Crippen molar-refractivity contribution >= 4 is 23.4 Å². The van der Waals surface area contributed by atoms with Crippen LogP contribution >= 0.6 is 11.8 Å². The molecular weight excluding hydrogens is 210 g/mol. The Morgan fingerprint density at radius 3 is 2.93 bits per heavy atom. The van der Waals surface area contributed by atoms with Gasteiger partial charge in [-0.05, 0) is 32.0 Å². The summed E-state index contributed by atoms with van der Waals surface area (Å²) in [6.07, 6.45) is 0. The number of anilines is 1. The Hall–Kier alpha value is -1.16. The van der Waals surface area contributed by atoms with Crippen molar-refractivity contribution in [3.8, 4) is 0 Å². The second-order valence-corrected chi connectivity index (χ2v) is 5.98. The van der Waals surface area contributed by atoms with Crippen LogP contribution < -0.4 is 5.32 Å². The molecule has 1 aliphatic rings. The van der Waals surface area contributed by atoms with Crippen molar-refractivity contribution in [1.29, 1.82) is 0 Å². The molecule has 0 amide bonds. The molecule has 3 nitrogen and oxygen atoms in total. The van der Waals surface area contributed by atoms with Gasteiger partial charge in [0.1, 0.15) is 0 Å². The van der Waals surface area contributed by atoms with E-state index in [1.807, 2.05) is 6.07 Å². The maximum absolute atomic E-state index is 10.8. The SMILES string of the molecule is CC1(C)CNc2cc(C(=O)O)ccc2S1. The highest BCUT2D eigenvalue weighted by atomic mass is 32.2. The first-order chi connectivity index (χ1) is 6.98. The normalized spacial score (nSPS) is 17.7. The molecule has 0 fully saturated rings. The van der Waals surface area contributed by atoms with E-state index in [1.165, 1.54) is 0 Å². The van der Waals surface area contributed by atoms with Crippen LogP contribution in [-0.2, 0) is 0 Å². The second kappa shape index (κ2) is 3.45. The monoisotopic (exact) mass is 223 g/mol. The van der Waals surface area contributed by atoms with E-state index in [1.54, 1.807) is 23.9 Å². The largest absolute Gasteiger partial charge is 0.478 e. The van der Waals surface area contributed by atoms with Gasteiger partial charge in [-0.3, -0.25) is 0 Å². The summed E-state index contributed by atoms with van der Waals surface area (Å²) in [5.41, 5.74) is 1.26. The van der Waals surface area contributed by atoms with Gasteiger partial charge >= 0.3 is 5.97 Å². The number of carboxylic acid groups (broad SMARTS) is 1. The molecule has 15 heavy (non-hydrogen) atoms. The molecule has 0 bridgehead atoms. The molecule has 0 saturated carbocycles. The van der Waals surface area contributed by atoms with E-state index in [0.29, 0.717) is 5.56 Å². The minimum Gasteiger partial charge on any atom is -0.478 e. The number of hydrogen-bond donors (Lipinski definition) is 2. The van der Waals surface area contributed by atoms with E-state index in [-0.39, 0.29) is 4.75 Å². The van der Waals surface area contributed by atoms with Crippen molar-refractivity contribution in [1.82, 2.24) is 0 Å². The van der Waals surface area contributed by atoms with Crippen LogP contribution in [-0.4, -0.2) is 22.4 Å². The molecule has 0 aliphatic carbocycles. The van der Waals surface area contributed by atoms with Crippen molar-refractivity contribution in [2.45, 2.75) is 23.5 Å².